The van der Waals surface area contributed by atoms with Gasteiger partial charge in [-0.2, -0.15) is 0 Å². The van der Waals surface area contributed by atoms with Crippen LogP contribution in [0.25, 0.3) is 0 Å². The molecule has 0 bridgehead atoms. The van der Waals surface area contributed by atoms with Gasteiger partial charge in [-0.15, -0.1) is 0 Å². The standard InChI is InChI=1S/C25H36BrNO4SSi/c1-9-15-30-23(29)25(32-18-13-11-10-12-14-18)21(26)16(2)20-19(22(28)27(20)25)17(3)31-33(7,8)24(4,5)6/h9-14,16-17,19-21H,1,15H2,2-8H3/t16-,17+,19+,20-,21?,25?/m0/s1. The number of rotatable bonds is 8. The minimum atomic E-state index is -2.05. The number of carbonyl (C=O) groups excluding carboxylic acids is 2. The van der Waals surface area contributed by atoms with Gasteiger partial charge in [-0.3, -0.25) is 4.79 Å². The van der Waals surface area contributed by atoms with Gasteiger partial charge in [-0.25, -0.2) is 4.79 Å². The first-order valence-electron chi connectivity index (χ1n) is 11.5. The number of fused-ring (bicyclic) bond motifs is 1. The third-order valence-electron chi connectivity index (χ3n) is 7.35. The summed E-state index contributed by atoms with van der Waals surface area (Å²) in [6.07, 6.45) is 1.33. The number of alkyl halides is 1. The topological polar surface area (TPSA) is 55.8 Å². The average molecular weight is 555 g/mol. The molecule has 2 aliphatic rings. The maximum Gasteiger partial charge on any atom is 0.344 e. The normalized spacial score (nSPS) is 30.4. The summed E-state index contributed by atoms with van der Waals surface area (Å²) in [5.41, 5.74) is 0. The molecule has 3 rings (SSSR count). The summed E-state index contributed by atoms with van der Waals surface area (Å²) >= 11 is 5.21. The van der Waals surface area contributed by atoms with Crippen molar-refractivity contribution in [2.45, 2.75) is 79.5 Å². The van der Waals surface area contributed by atoms with Crippen molar-refractivity contribution in [2.24, 2.45) is 11.8 Å². The number of amides is 1. The highest BCUT2D eigenvalue weighted by atomic mass is 79.9. The maximum atomic E-state index is 13.7. The molecule has 5 nitrogen and oxygen atoms in total. The Labute approximate surface area is 211 Å². The number of halogens is 1. The van der Waals surface area contributed by atoms with E-state index in [0.29, 0.717) is 0 Å². The zero-order valence-electron chi connectivity index (χ0n) is 20.6. The molecule has 0 radical (unpaired) electrons. The molecule has 2 fully saturated rings. The van der Waals surface area contributed by atoms with Gasteiger partial charge >= 0.3 is 5.97 Å². The van der Waals surface area contributed by atoms with Crippen molar-refractivity contribution in [3.8, 4) is 0 Å². The van der Waals surface area contributed by atoms with Gasteiger partial charge in [0.05, 0.1) is 22.9 Å². The second-order valence-corrected chi connectivity index (χ2v) is 17.6. The van der Waals surface area contributed by atoms with Crippen LogP contribution in [-0.2, 0) is 18.8 Å². The Kier molecular flexibility index (Phi) is 7.64. The van der Waals surface area contributed by atoms with Crippen LogP contribution in [0.5, 0.6) is 0 Å². The SMILES string of the molecule is C=CCOC(=O)C1(Sc2ccccc2)C(Br)[C@@H](C)[C@H]2[C@@H]([C@@H](C)O[Si](C)(C)C(C)(C)C)C(=O)N21. The van der Waals surface area contributed by atoms with Crippen LogP contribution in [0.2, 0.25) is 18.1 Å². The van der Waals surface area contributed by atoms with E-state index < -0.39 is 19.2 Å². The van der Waals surface area contributed by atoms with Gasteiger partial charge < -0.3 is 14.1 Å². The van der Waals surface area contributed by atoms with E-state index in [2.05, 4.69) is 63.3 Å². The Bertz CT molecular complexity index is 905. The van der Waals surface area contributed by atoms with E-state index in [4.69, 9.17) is 9.16 Å². The molecule has 2 heterocycles. The summed E-state index contributed by atoms with van der Waals surface area (Å²) in [6.45, 7) is 18.9. The van der Waals surface area contributed by atoms with Gasteiger partial charge in [0.25, 0.3) is 0 Å². The van der Waals surface area contributed by atoms with Gasteiger partial charge in [0.2, 0.25) is 10.8 Å². The van der Waals surface area contributed by atoms with Crippen LogP contribution in [0, 0.1) is 11.8 Å². The lowest BCUT2D eigenvalue weighted by Crippen LogP contribution is -2.70. The van der Waals surface area contributed by atoms with Crippen molar-refractivity contribution in [3.63, 3.8) is 0 Å². The highest BCUT2D eigenvalue weighted by molar-refractivity contribution is 9.09. The third-order valence-corrected chi connectivity index (χ3v) is 15.2. The average Bonchev–Trinajstić information content (AvgIpc) is 2.91. The molecule has 0 saturated carbocycles. The quantitative estimate of drug-likeness (QED) is 0.133. The van der Waals surface area contributed by atoms with Crippen molar-refractivity contribution in [3.05, 3.63) is 43.0 Å². The highest BCUT2D eigenvalue weighted by Gasteiger charge is 2.73. The molecule has 2 aliphatic heterocycles. The molecule has 0 aromatic heterocycles. The minimum absolute atomic E-state index is 0.0426. The van der Waals surface area contributed by atoms with Gasteiger partial charge in [0.15, 0.2) is 8.32 Å². The smallest absolute Gasteiger partial charge is 0.344 e. The fourth-order valence-corrected chi connectivity index (χ4v) is 8.46. The van der Waals surface area contributed by atoms with Crippen molar-refractivity contribution in [2.75, 3.05) is 6.61 Å². The van der Waals surface area contributed by atoms with E-state index >= 15 is 0 Å². The Morgan fingerprint density at radius 2 is 1.94 bits per heavy atom. The minimum Gasteiger partial charge on any atom is -0.459 e. The summed E-state index contributed by atoms with van der Waals surface area (Å²) in [4.78, 5) is 28.4. The monoisotopic (exact) mass is 553 g/mol. The van der Waals surface area contributed by atoms with Crippen LogP contribution < -0.4 is 0 Å². The van der Waals surface area contributed by atoms with Gasteiger partial charge in [-0.05, 0) is 43.1 Å². The van der Waals surface area contributed by atoms with Crippen molar-refractivity contribution >= 4 is 47.9 Å². The highest BCUT2D eigenvalue weighted by Crippen LogP contribution is 2.59. The molecule has 0 spiro atoms. The molecule has 0 aliphatic carbocycles. The second kappa shape index (κ2) is 9.51. The number of β-lactam (4-membered cyclic amide) rings is 1. The fourth-order valence-electron chi connectivity index (χ4n) is 4.60. The van der Waals surface area contributed by atoms with Crippen LogP contribution in [-0.4, -0.2) is 53.5 Å². The van der Waals surface area contributed by atoms with Crippen LogP contribution in [0.15, 0.2) is 47.9 Å². The molecule has 1 aromatic carbocycles. The molecule has 2 saturated heterocycles. The first-order valence-corrected chi connectivity index (χ1v) is 16.1. The van der Waals surface area contributed by atoms with Crippen LogP contribution in [0.3, 0.4) is 0 Å². The molecular weight excluding hydrogens is 518 g/mol. The zero-order valence-corrected chi connectivity index (χ0v) is 24.0. The van der Waals surface area contributed by atoms with Gasteiger partial charge in [0.1, 0.15) is 6.61 Å². The summed E-state index contributed by atoms with van der Waals surface area (Å²) < 4.78 is 12.2. The molecule has 2 unspecified atom stereocenters. The number of thioether (sulfide) groups is 1. The van der Waals surface area contributed by atoms with Gasteiger partial charge in [-0.1, -0.05) is 86.2 Å². The molecule has 33 heavy (non-hydrogen) atoms. The number of ether oxygens (including phenoxy) is 1. The molecular formula is C25H36BrNO4SSi. The van der Waals surface area contributed by atoms with E-state index in [1.165, 1.54) is 11.8 Å². The number of benzene rings is 1. The Morgan fingerprint density at radius 1 is 1.33 bits per heavy atom. The van der Waals surface area contributed by atoms with Crippen molar-refractivity contribution < 1.29 is 18.8 Å². The van der Waals surface area contributed by atoms with Gasteiger partial charge in [0, 0.05) is 4.90 Å². The summed E-state index contributed by atoms with van der Waals surface area (Å²) in [5.74, 6) is -0.693. The van der Waals surface area contributed by atoms with Crippen LogP contribution in [0.1, 0.15) is 34.6 Å². The Hall–Kier alpha value is -1.09. The first kappa shape index (κ1) is 26.5. The van der Waals surface area contributed by atoms with E-state index in [1.54, 1.807) is 11.0 Å². The molecule has 182 valence electrons. The third kappa shape index (κ3) is 4.48. The zero-order chi connectivity index (χ0) is 24.8. The summed E-state index contributed by atoms with van der Waals surface area (Å²) in [7, 11) is -2.05. The lowest BCUT2D eigenvalue weighted by Gasteiger charge is -2.53. The lowest BCUT2D eigenvalue weighted by molar-refractivity contribution is -0.174. The lowest BCUT2D eigenvalue weighted by atomic mass is 9.79. The predicted octanol–water partition coefficient (Wildman–Crippen LogP) is 5.85. The summed E-state index contributed by atoms with van der Waals surface area (Å²) in [6, 6.07) is 9.60. The van der Waals surface area contributed by atoms with E-state index in [0.717, 1.165) is 4.90 Å². The van der Waals surface area contributed by atoms with Crippen LogP contribution >= 0.6 is 27.7 Å². The maximum absolute atomic E-state index is 13.7. The Balaban J connectivity index is 1.96. The number of carbonyl (C=O) groups is 2. The fraction of sp³-hybridized carbons (Fsp3) is 0.600. The van der Waals surface area contributed by atoms with Crippen molar-refractivity contribution in [1.82, 2.24) is 4.90 Å². The van der Waals surface area contributed by atoms with E-state index in [1.807, 2.05) is 37.3 Å². The predicted molar refractivity (Wildman–Crippen MR) is 140 cm³/mol. The molecule has 1 amide bonds. The number of hydrogen-bond acceptors (Lipinski definition) is 5. The second-order valence-electron chi connectivity index (χ2n) is 10.6. The van der Waals surface area contributed by atoms with E-state index in [-0.39, 0.29) is 46.4 Å². The number of nitrogens with zero attached hydrogens (tertiary/aromatic N) is 1. The molecule has 1 aromatic rings. The Morgan fingerprint density at radius 3 is 2.48 bits per heavy atom. The first-order chi connectivity index (χ1) is 15.3. The number of esters is 1. The largest absolute Gasteiger partial charge is 0.459 e. The summed E-state index contributed by atoms with van der Waals surface area (Å²) in [5, 5.41) is 0.0500. The molecule has 0 N–H and O–H groups in total. The molecule has 6 atom stereocenters. The van der Waals surface area contributed by atoms with Crippen LogP contribution in [0.4, 0.5) is 0 Å². The van der Waals surface area contributed by atoms with E-state index in [9.17, 15) is 9.59 Å². The number of hydrogen-bond donors (Lipinski definition) is 0. The molecule has 8 heteroatoms. The van der Waals surface area contributed by atoms with Crippen molar-refractivity contribution in [1.29, 1.82) is 0 Å².